The molecule has 2 amide bonds. The second-order valence-corrected chi connectivity index (χ2v) is 6.36. The van der Waals surface area contributed by atoms with E-state index in [1.807, 2.05) is 35.2 Å². The maximum absolute atomic E-state index is 12.3. The Hall–Kier alpha value is -2.27. The number of nitrogens with one attached hydrogen (secondary N) is 1. The summed E-state index contributed by atoms with van der Waals surface area (Å²) < 4.78 is 0. The SMILES string of the molecule is Cc1ccc(Cl)cc1N1CCN(C(=O)NCc2ccncc2)CC1. The predicted octanol–water partition coefficient (Wildman–Crippen LogP) is 3.08. The summed E-state index contributed by atoms with van der Waals surface area (Å²) in [5.41, 5.74) is 3.40. The lowest BCUT2D eigenvalue weighted by Crippen LogP contribution is -2.51. The van der Waals surface area contributed by atoms with E-state index < -0.39 is 0 Å². The molecule has 24 heavy (non-hydrogen) atoms. The lowest BCUT2D eigenvalue weighted by molar-refractivity contribution is 0.194. The molecule has 0 spiro atoms. The lowest BCUT2D eigenvalue weighted by atomic mass is 10.1. The van der Waals surface area contributed by atoms with Gasteiger partial charge >= 0.3 is 6.03 Å². The molecule has 2 aromatic rings. The van der Waals surface area contributed by atoms with Crippen molar-refractivity contribution < 1.29 is 4.79 Å². The smallest absolute Gasteiger partial charge is 0.317 e. The van der Waals surface area contributed by atoms with Gasteiger partial charge in [0.05, 0.1) is 0 Å². The fraction of sp³-hybridized carbons (Fsp3) is 0.333. The number of halogens is 1. The first kappa shape index (κ1) is 16.6. The average Bonchev–Trinajstić information content (AvgIpc) is 2.63. The van der Waals surface area contributed by atoms with Crippen molar-refractivity contribution in [3.05, 3.63) is 58.9 Å². The molecule has 0 atom stereocenters. The third-order valence-electron chi connectivity index (χ3n) is 4.27. The van der Waals surface area contributed by atoms with Gasteiger partial charge in [-0.05, 0) is 42.3 Å². The molecule has 1 N–H and O–H groups in total. The topological polar surface area (TPSA) is 48.5 Å². The summed E-state index contributed by atoms with van der Waals surface area (Å²) in [6.07, 6.45) is 3.46. The van der Waals surface area contributed by atoms with Crippen LogP contribution < -0.4 is 10.2 Å². The van der Waals surface area contributed by atoms with Gasteiger partial charge in [-0.3, -0.25) is 4.98 Å². The molecule has 0 bridgehead atoms. The summed E-state index contributed by atoms with van der Waals surface area (Å²) in [4.78, 5) is 20.4. The molecular weight excluding hydrogens is 324 g/mol. The minimum absolute atomic E-state index is 0.0192. The van der Waals surface area contributed by atoms with Crippen molar-refractivity contribution in [1.29, 1.82) is 0 Å². The van der Waals surface area contributed by atoms with Crippen molar-refractivity contribution in [1.82, 2.24) is 15.2 Å². The zero-order chi connectivity index (χ0) is 16.9. The van der Waals surface area contributed by atoms with E-state index in [0.717, 1.165) is 29.4 Å². The molecule has 1 aliphatic heterocycles. The van der Waals surface area contributed by atoms with Crippen molar-refractivity contribution in [2.45, 2.75) is 13.5 Å². The number of rotatable bonds is 3. The Kier molecular flexibility index (Phi) is 5.20. The molecule has 0 aliphatic carbocycles. The molecule has 1 saturated heterocycles. The standard InChI is InChI=1S/C18H21ClN4O/c1-14-2-3-16(19)12-17(14)22-8-10-23(11-9-22)18(24)21-13-15-4-6-20-7-5-15/h2-7,12H,8-11,13H2,1H3,(H,21,24). The minimum atomic E-state index is -0.0192. The van der Waals surface area contributed by atoms with Crippen molar-refractivity contribution in [2.24, 2.45) is 0 Å². The Morgan fingerprint density at radius 3 is 2.58 bits per heavy atom. The maximum atomic E-state index is 12.3. The average molecular weight is 345 g/mol. The van der Waals surface area contributed by atoms with Crippen LogP contribution in [0.1, 0.15) is 11.1 Å². The van der Waals surface area contributed by atoms with Gasteiger partial charge in [0.15, 0.2) is 0 Å². The number of anilines is 1. The highest BCUT2D eigenvalue weighted by atomic mass is 35.5. The third kappa shape index (κ3) is 3.97. The van der Waals surface area contributed by atoms with Crippen LogP contribution >= 0.6 is 11.6 Å². The van der Waals surface area contributed by atoms with E-state index in [1.54, 1.807) is 12.4 Å². The molecule has 5 nitrogen and oxygen atoms in total. The van der Waals surface area contributed by atoms with Crippen molar-refractivity contribution in [3.8, 4) is 0 Å². The van der Waals surface area contributed by atoms with Crippen LogP contribution in [-0.4, -0.2) is 42.1 Å². The summed E-state index contributed by atoms with van der Waals surface area (Å²) in [6, 6.07) is 9.72. The Morgan fingerprint density at radius 2 is 1.88 bits per heavy atom. The van der Waals surface area contributed by atoms with Gasteiger partial charge in [-0.15, -0.1) is 0 Å². The number of aryl methyl sites for hydroxylation is 1. The highest BCUT2D eigenvalue weighted by Crippen LogP contribution is 2.25. The van der Waals surface area contributed by atoms with Crippen LogP contribution in [-0.2, 0) is 6.54 Å². The number of nitrogens with zero attached hydrogens (tertiary/aromatic N) is 3. The van der Waals surface area contributed by atoms with E-state index in [9.17, 15) is 4.79 Å². The first-order valence-corrected chi connectivity index (χ1v) is 8.44. The molecule has 2 heterocycles. The molecule has 1 aliphatic rings. The quantitative estimate of drug-likeness (QED) is 0.930. The van der Waals surface area contributed by atoms with E-state index in [1.165, 1.54) is 5.56 Å². The van der Waals surface area contributed by atoms with Crippen LogP contribution in [0.3, 0.4) is 0 Å². The van der Waals surface area contributed by atoms with Crippen molar-refractivity contribution >= 4 is 23.3 Å². The largest absolute Gasteiger partial charge is 0.368 e. The number of carbonyl (C=O) groups excluding carboxylic acids is 1. The first-order valence-electron chi connectivity index (χ1n) is 8.06. The summed E-state index contributed by atoms with van der Waals surface area (Å²) in [6.45, 7) is 5.63. The van der Waals surface area contributed by atoms with E-state index in [-0.39, 0.29) is 6.03 Å². The normalized spacial score (nSPS) is 14.6. The molecule has 1 aromatic carbocycles. The third-order valence-corrected chi connectivity index (χ3v) is 4.51. The van der Waals surface area contributed by atoms with E-state index in [0.29, 0.717) is 19.6 Å². The molecule has 1 fully saturated rings. The van der Waals surface area contributed by atoms with Gasteiger partial charge < -0.3 is 15.1 Å². The number of piperazine rings is 1. The molecule has 3 rings (SSSR count). The zero-order valence-corrected chi connectivity index (χ0v) is 14.5. The zero-order valence-electron chi connectivity index (χ0n) is 13.7. The van der Waals surface area contributed by atoms with Crippen LogP contribution in [0.4, 0.5) is 10.5 Å². The van der Waals surface area contributed by atoms with E-state index in [2.05, 4.69) is 22.1 Å². The second-order valence-electron chi connectivity index (χ2n) is 5.92. The Morgan fingerprint density at radius 1 is 1.17 bits per heavy atom. The highest BCUT2D eigenvalue weighted by molar-refractivity contribution is 6.30. The van der Waals surface area contributed by atoms with Gasteiger partial charge in [-0.2, -0.15) is 0 Å². The van der Waals surface area contributed by atoms with Crippen LogP contribution in [0.25, 0.3) is 0 Å². The molecule has 1 aromatic heterocycles. The molecule has 6 heteroatoms. The predicted molar refractivity (Wildman–Crippen MR) is 96.4 cm³/mol. The fourth-order valence-corrected chi connectivity index (χ4v) is 3.03. The van der Waals surface area contributed by atoms with E-state index >= 15 is 0 Å². The molecule has 0 saturated carbocycles. The van der Waals surface area contributed by atoms with Gasteiger partial charge in [0.1, 0.15) is 0 Å². The Bertz CT molecular complexity index is 699. The van der Waals surface area contributed by atoms with Crippen LogP contribution in [0, 0.1) is 6.92 Å². The number of amides is 2. The molecule has 0 unspecified atom stereocenters. The number of hydrogen-bond donors (Lipinski definition) is 1. The summed E-state index contributed by atoms with van der Waals surface area (Å²) >= 11 is 6.11. The van der Waals surface area contributed by atoms with Crippen LogP contribution in [0.15, 0.2) is 42.7 Å². The number of pyridine rings is 1. The van der Waals surface area contributed by atoms with Crippen molar-refractivity contribution in [2.75, 3.05) is 31.1 Å². The molecular formula is C18H21ClN4O. The van der Waals surface area contributed by atoms with Gasteiger partial charge in [0.2, 0.25) is 0 Å². The van der Waals surface area contributed by atoms with Gasteiger partial charge in [0.25, 0.3) is 0 Å². The minimum Gasteiger partial charge on any atom is -0.368 e. The molecule has 126 valence electrons. The number of benzene rings is 1. The number of carbonyl (C=O) groups is 1. The summed E-state index contributed by atoms with van der Waals surface area (Å²) in [5.74, 6) is 0. The Labute approximate surface area is 147 Å². The first-order chi connectivity index (χ1) is 11.6. The van der Waals surface area contributed by atoms with Gasteiger partial charge in [-0.1, -0.05) is 17.7 Å². The summed E-state index contributed by atoms with van der Waals surface area (Å²) in [5, 5.41) is 3.71. The fourth-order valence-electron chi connectivity index (χ4n) is 2.86. The monoisotopic (exact) mass is 344 g/mol. The van der Waals surface area contributed by atoms with Crippen LogP contribution in [0.5, 0.6) is 0 Å². The van der Waals surface area contributed by atoms with Gasteiger partial charge in [-0.25, -0.2) is 4.79 Å². The van der Waals surface area contributed by atoms with Gasteiger partial charge in [0, 0.05) is 55.8 Å². The highest BCUT2D eigenvalue weighted by Gasteiger charge is 2.22. The maximum Gasteiger partial charge on any atom is 0.317 e. The number of aromatic nitrogens is 1. The second kappa shape index (κ2) is 7.53. The Balaban J connectivity index is 1.53. The summed E-state index contributed by atoms with van der Waals surface area (Å²) in [7, 11) is 0. The lowest BCUT2D eigenvalue weighted by Gasteiger charge is -2.36. The van der Waals surface area contributed by atoms with Crippen LogP contribution in [0.2, 0.25) is 5.02 Å². The molecule has 0 radical (unpaired) electrons. The number of hydrogen-bond acceptors (Lipinski definition) is 3. The van der Waals surface area contributed by atoms with Crippen molar-refractivity contribution in [3.63, 3.8) is 0 Å². The number of urea groups is 1. The van der Waals surface area contributed by atoms with E-state index in [4.69, 9.17) is 11.6 Å².